The Morgan fingerprint density at radius 2 is 2.05 bits per heavy atom. The number of phenolic OH excluding ortho intramolecular Hbond substituents is 1. The van der Waals surface area contributed by atoms with Crippen LogP contribution in [0.3, 0.4) is 0 Å². The lowest BCUT2D eigenvalue weighted by atomic mass is 10.3. The lowest BCUT2D eigenvalue weighted by Crippen LogP contribution is -1.93. The molecule has 0 unspecified atom stereocenters. The van der Waals surface area contributed by atoms with Crippen molar-refractivity contribution in [1.29, 1.82) is 0 Å². The van der Waals surface area contributed by atoms with Gasteiger partial charge in [-0.3, -0.25) is 10.1 Å². The number of nitro groups is 1. The summed E-state index contributed by atoms with van der Waals surface area (Å²) in [6.07, 6.45) is 0. The average Bonchev–Trinajstić information content (AvgIpc) is 2.33. The fourth-order valence-electron chi connectivity index (χ4n) is 1.42. The molecule has 0 aromatic heterocycles. The van der Waals surface area contributed by atoms with Crippen LogP contribution in [0, 0.1) is 15.9 Å². The SMILES string of the molecule is O=[N+]([O-])c1cc(Br)c(F)cc1Sc1cccc(O)c1. The minimum absolute atomic E-state index is 0.0412. The Kier molecular flexibility index (Phi) is 4.06. The monoisotopic (exact) mass is 343 g/mol. The van der Waals surface area contributed by atoms with E-state index in [1.807, 2.05) is 0 Å². The highest BCUT2D eigenvalue weighted by Gasteiger charge is 2.18. The molecule has 1 N–H and O–H groups in total. The topological polar surface area (TPSA) is 63.4 Å². The van der Waals surface area contributed by atoms with Crippen LogP contribution >= 0.6 is 27.7 Å². The standard InChI is InChI=1S/C12H7BrFNO3S/c13-9-5-11(15(17)18)12(6-10(9)14)19-8-3-1-2-7(16)4-8/h1-6,16H. The van der Waals surface area contributed by atoms with E-state index in [4.69, 9.17) is 0 Å². The summed E-state index contributed by atoms with van der Waals surface area (Å²) in [5.74, 6) is -0.529. The van der Waals surface area contributed by atoms with Crippen LogP contribution in [-0.4, -0.2) is 10.0 Å². The van der Waals surface area contributed by atoms with E-state index in [1.165, 1.54) is 12.1 Å². The molecule has 0 aliphatic heterocycles. The summed E-state index contributed by atoms with van der Waals surface area (Å²) in [5, 5.41) is 20.3. The van der Waals surface area contributed by atoms with Gasteiger partial charge in [0.15, 0.2) is 0 Å². The highest BCUT2D eigenvalue weighted by Crippen LogP contribution is 2.38. The molecule has 0 radical (unpaired) electrons. The van der Waals surface area contributed by atoms with Crippen LogP contribution in [0.5, 0.6) is 5.75 Å². The molecular formula is C12H7BrFNO3S. The van der Waals surface area contributed by atoms with Gasteiger partial charge in [0.2, 0.25) is 0 Å². The lowest BCUT2D eigenvalue weighted by molar-refractivity contribution is -0.387. The number of halogens is 2. The maximum Gasteiger partial charge on any atom is 0.284 e. The van der Waals surface area contributed by atoms with Gasteiger partial charge in [0.25, 0.3) is 5.69 Å². The van der Waals surface area contributed by atoms with Gasteiger partial charge in [0, 0.05) is 11.0 Å². The zero-order valence-electron chi connectivity index (χ0n) is 9.34. The van der Waals surface area contributed by atoms with Crippen molar-refractivity contribution in [2.45, 2.75) is 9.79 Å². The molecule has 2 aromatic rings. The zero-order valence-corrected chi connectivity index (χ0v) is 11.7. The first-order valence-corrected chi connectivity index (χ1v) is 6.68. The highest BCUT2D eigenvalue weighted by atomic mass is 79.9. The van der Waals surface area contributed by atoms with Crippen LogP contribution in [0.2, 0.25) is 0 Å². The first kappa shape index (κ1) is 13.8. The molecule has 0 spiro atoms. The van der Waals surface area contributed by atoms with Crippen molar-refractivity contribution in [3.63, 3.8) is 0 Å². The van der Waals surface area contributed by atoms with Crippen molar-refractivity contribution in [3.8, 4) is 5.75 Å². The van der Waals surface area contributed by atoms with Crippen molar-refractivity contribution < 1.29 is 14.4 Å². The number of aromatic hydroxyl groups is 1. The van der Waals surface area contributed by atoms with Crippen LogP contribution < -0.4 is 0 Å². The summed E-state index contributed by atoms with van der Waals surface area (Å²) in [6, 6.07) is 8.44. The minimum Gasteiger partial charge on any atom is -0.508 e. The van der Waals surface area contributed by atoms with Crippen LogP contribution in [0.4, 0.5) is 10.1 Å². The van der Waals surface area contributed by atoms with Gasteiger partial charge < -0.3 is 5.11 Å². The number of nitrogens with zero attached hydrogens (tertiary/aromatic N) is 1. The minimum atomic E-state index is -0.576. The van der Waals surface area contributed by atoms with Gasteiger partial charge >= 0.3 is 0 Å². The smallest absolute Gasteiger partial charge is 0.284 e. The second-order valence-electron chi connectivity index (χ2n) is 3.59. The maximum absolute atomic E-state index is 13.5. The third kappa shape index (κ3) is 3.24. The Hall–Kier alpha value is -1.60. The number of phenols is 1. The van der Waals surface area contributed by atoms with Gasteiger partial charge in [-0.25, -0.2) is 4.39 Å². The van der Waals surface area contributed by atoms with Gasteiger partial charge in [0.05, 0.1) is 14.3 Å². The first-order chi connectivity index (χ1) is 8.97. The molecule has 2 aromatic carbocycles. The molecule has 7 heteroatoms. The quantitative estimate of drug-likeness (QED) is 0.664. The van der Waals surface area contributed by atoms with Gasteiger partial charge in [-0.05, 0) is 40.2 Å². The highest BCUT2D eigenvalue weighted by molar-refractivity contribution is 9.10. The largest absolute Gasteiger partial charge is 0.508 e. The van der Waals surface area contributed by atoms with E-state index in [-0.39, 0.29) is 20.8 Å². The molecule has 0 saturated heterocycles. The van der Waals surface area contributed by atoms with Crippen molar-refractivity contribution in [1.82, 2.24) is 0 Å². The van der Waals surface area contributed by atoms with E-state index in [2.05, 4.69) is 15.9 Å². The van der Waals surface area contributed by atoms with E-state index < -0.39 is 10.7 Å². The van der Waals surface area contributed by atoms with Crippen molar-refractivity contribution >= 4 is 33.4 Å². The Morgan fingerprint density at radius 3 is 2.68 bits per heavy atom. The molecule has 0 bridgehead atoms. The van der Waals surface area contributed by atoms with Gasteiger partial charge in [-0.15, -0.1) is 0 Å². The molecule has 98 valence electrons. The molecule has 0 saturated carbocycles. The van der Waals surface area contributed by atoms with E-state index >= 15 is 0 Å². The lowest BCUT2D eigenvalue weighted by Gasteiger charge is -2.05. The summed E-state index contributed by atoms with van der Waals surface area (Å²) in [4.78, 5) is 11.1. The molecule has 19 heavy (non-hydrogen) atoms. The number of hydrogen-bond donors (Lipinski definition) is 1. The van der Waals surface area contributed by atoms with E-state index in [1.54, 1.807) is 12.1 Å². The number of hydrogen-bond acceptors (Lipinski definition) is 4. The van der Waals surface area contributed by atoms with E-state index in [0.717, 1.165) is 23.9 Å². The van der Waals surface area contributed by atoms with Crippen LogP contribution in [0.25, 0.3) is 0 Å². The third-order valence-electron chi connectivity index (χ3n) is 2.24. The van der Waals surface area contributed by atoms with Gasteiger partial charge in [-0.1, -0.05) is 17.8 Å². The summed E-state index contributed by atoms with van der Waals surface area (Å²) in [6.45, 7) is 0. The molecule has 0 aliphatic rings. The molecule has 2 rings (SSSR count). The Morgan fingerprint density at radius 1 is 1.32 bits per heavy atom. The average molecular weight is 344 g/mol. The molecule has 0 heterocycles. The normalized spacial score (nSPS) is 10.4. The number of benzene rings is 2. The van der Waals surface area contributed by atoms with Gasteiger partial charge in [-0.2, -0.15) is 0 Å². The molecule has 0 fully saturated rings. The Labute approximate surface area is 120 Å². The van der Waals surface area contributed by atoms with Crippen molar-refractivity contribution in [2.24, 2.45) is 0 Å². The summed E-state index contributed by atoms with van der Waals surface area (Å²) >= 11 is 3.93. The number of rotatable bonds is 3. The van der Waals surface area contributed by atoms with Crippen LogP contribution in [0.1, 0.15) is 0 Å². The fraction of sp³-hybridized carbons (Fsp3) is 0. The number of nitro benzene ring substituents is 1. The van der Waals surface area contributed by atoms with Crippen molar-refractivity contribution in [3.05, 3.63) is 56.8 Å². The first-order valence-electron chi connectivity index (χ1n) is 5.07. The molecule has 0 aliphatic carbocycles. The second kappa shape index (κ2) is 5.58. The van der Waals surface area contributed by atoms with Crippen LogP contribution in [-0.2, 0) is 0 Å². The van der Waals surface area contributed by atoms with Crippen molar-refractivity contribution in [2.75, 3.05) is 0 Å². The molecule has 0 atom stereocenters. The van der Waals surface area contributed by atoms with Crippen LogP contribution in [0.15, 0.2) is 50.7 Å². The summed E-state index contributed by atoms with van der Waals surface area (Å²) < 4.78 is 13.5. The predicted octanol–water partition coefficient (Wildman–Crippen LogP) is 4.35. The molecular weight excluding hydrogens is 337 g/mol. The Bertz CT molecular complexity index is 651. The predicted molar refractivity (Wildman–Crippen MR) is 73.0 cm³/mol. The fourth-order valence-corrected chi connectivity index (χ4v) is 2.73. The maximum atomic E-state index is 13.5. The van der Waals surface area contributed by atoms with Gasteiger partial charge in [0.1, 0.15) is 11.6 Å². The molecule has 0 amide bonds. The second-order valence-corrected chi connectivity index (χ2v) is 5.56. The summed E-state index contributed by atoms with van der Waals surface area (Å²) in [7, 11) is 0. The summed E-state index contributed by atoms with van der Waals surface area (Å²) in [5.41, 5.74) is -0.193. The zero-order chi connectivity index (χ0) is 14.0. The van der Waals surface area contributed by atoms with E-state index in [0.29, 0.717) is 4.90 Å². The Balaban J connectivity index is 2.44. The molecule has 4 nitrogen and oxygen atoms in total. The third-order valence-corrected chi connectivity index (χ3v) is 3.89. The van der Waals surface area contributed by atoms with E-state index in [9.17, 15) is 19.6 Å².